The van der Waals surface area contributed by atoms with Gasteiger partial charge in [-0.2, -0.15) is 13.2 Å². The van der Waals surface area contributed by atoms with Gasteiger partial charge in [0.1, 0.15) is 5.82 Å². The van der Waals surface area contributed by atoms with Crippen LogP contribution in [0.15, 0.2) is 12.3 Å². The standard InChI is InChI=1S/C13H16ClF3N4/c1-3-12(4-2,7-18)11-20-19-10-9(14)5-8(6-21(10)11)13(15,16)17/h5-6H,3-4,7,18H2,1-2H3. The van der Waals surface area contributed by atoms with E-state index in [9.17, 15) is 13.2 Å². The summed E-state index contributed by atoms with van der Waals surface area (Å²) in [6.07, 6.45) is -2.21. The van der Waals surface area contributed by atoms with Crippen molar-refractivity contribution in [3.8, 4) is 0 Å². The predicted molar refractivity (Wildman–Crippen MR) is 74.3 cm³/mol. The Labute approximate surface area is 125 Å². The van der Waals surface area contributed by atoms with Crippen LogP contribution in [-0.2, 0) is 11.6 Å². The van der Waals surface area contributed by atoms with Gasteiger partial charge in [-0.1, -0.05) is 25.4 Å². The Hall–Kier alpha value is -1.34. The fraction of sp³-hybridized carbons (Fsp3) is 0.538. The zero-order chi connectivity index (χ0) is 15.8. The number of nitrogens with two attached hydrogens (primary N) is 1. The van der Waals surface area contributed by atoms with Gasteiger partial charge in [0.05, 0.1) is 10.6 Å². The van der Waals surface area contributed by atoms with E-state index in [0.29, 0.717) is 18.7 Å². The third-order valence-corrected chi connectivity index (χ3v) is 4.28. The minimum absolute atomic E-state index is 0.0818. The number of aromatic nitrogens is 3. The minimum Gasteiger partial charge on any atom is -0.329 e. The Morgan fingerprint density at radius 1 is 1.24 bits per heavy atom. The number of fused-ring (bicyclic) bond motifs is 1. The van der Waals surface area contributed by atoms with E-state index in [0.717, 1.165) is 12.3 Å². The van der Waals surface area contributed by atoms with Crippen molar-refractivity contribution in [3.63, 3.8) is 0 Å². The van der Waals surface area contributed by atoms with Crippen LogP contribution >= 0.6 is 11.6 Å². The highest BCUT2D eigenvalue weighted by Gasteiger charge is 2.35. The van der Waals surface area contributed by atoms with Crippen LogP contribution in [0.1, 0.15) is 38.1 Å². The number of pyridine rings is 1. The van der Waals surface area contributed by atoms with Gasteiger partial charge in [0.15, 0.2) is 5.65 Å². The van der Waals surface area contributed by atoms with E-state index in [1.807, 2.05) is 13.8 Å². The van der Waals surface area contributed by atoms with E-state index in [-0.39, 0.29) is 17.2 Å². The lowest BCUT2D eigenvalue weighted by molar-refractivity contribution is -0.137. The zero-order valence-corrected chi connectivity index (χ0v) is 12.5. The average Bonchev–Trinajstić information content (AvgIpc) is 2.86. The maximum absolute atomic E-state index is 12.9. The van der Waals surface area contributed by atoms with Gasteiger partial charge in [-0.15, -0.1) is 10.2 Å². The summed E-state index contributed by atoms with van der Waals surface area (Å²) in [5, 5.41) is 7.87. The molecule has 0 amide bonds. The molecule has 2 heterocycles. The van der Waals surface area contributed by atoms with E-state index in [1.165, 1.54) is 4.40 Å². The highest BCUT2D eigenvalue weighted by Crippen LogP contribution is 2.35. The van der Waals surface area contributed by atoms with Crippen molar-refractivity contribution < 1.29 is 13.2 Å². The summed E-state index contributed by atoms with van der Waals surface area (Å²) in [6, 6.07) is 0.858. The number of rotatable bonds is 4. The molecule has 4 nitrogen and oxygen atoms in total. The topological polar surface area (TPSA) is 56.2 Å². The first kappa shape index (κ1) is 16.0. The van der Waals surface area contributed by atoms with E-state index in [2.05, 4.69) is 10.2 Å². The van der Waals surface area contributed by atoms with Gasteiger partial charge in [0, 0.05) is 18.2 Å². The molecule has 116 valence electrons. The Morgan fingerprint density at radius 2 is 1.86 bits per heavy atom. The Morgan fingerprint density at radius 3 is 2.33 bits per heavy atom. The van der Waals surface area contributed by atoms with Gasteiger partial charge in [-0.05, 0) is 18.9 Å². The van der Waals surface area contributed by atoms with E-state index < -0.39 is 17.2 Å². The molecule has 0 bridgehead atoms. The fourth-order valence-electron chi connectivity index (χ4n) is 2.42. The van der Waals surface area contributed by atoms with Gasteiger partial charge in [0.2, 0.25) is 0 Å². The molecule has 0 unspecified atom stereocenters. The lowest BCUT2D eigenvalue weighted by atomic mass is 9.81. The van der Waals surface area contributed by atoms with E-state index in [1.54, 1.807) is 0 Å². The third-order valence-electron chi connectivity index (χ3n) is 4.01. The van der Waals surface area contributed by atoms with Crippen LogP contribution in [0.4, 0.5) is 13.2 Å². The molecular weight excluding hydrogens is 305 g/mol. The van der Waals surface area contributed by atoms with Crippen molar-refractivity contribution >= 4 is 17.2 Å². The smallest absolute Gasteiger partial charge is 0.329 e. The summed E-state index contributed by atoms with van der Waals surface area (Å²) in [6.45, 7) is 4.12. The van der Waals surface area contributed by atoms with Crippen LogP contribution < -0.4 is 5.73 Å². The lowest BCUT2D eigenvalue weighted by Gasteiger charge is -2.28. The van der Waals surface area contributed by atoms with Crippen LogP contribution in [0.5, 0.6) is 0 Å². The average molecular weight is 321 g/mol. The quantitative estimate of drug-likeness (QED) is 0.939. The second kappa shape index (κ2) is 5.46. The lowest BCUT2D eigenvalue weighted by Crippen LogP contribution is -2.36. The van der Waals surface area contributed by atoms with Gasteiger partial charge in [0.25, 0.3) is 0 Å². The highest BCUT2D eigenvalue weighted by atomic mass is 35.5. The minimum atomic E-state index is -4.48. The summed E-state index contributed by atoms with van der Waals surface area (Å²) >= 11 is 5.91. The molecule has 0 aromatic carbocycles. The molecular formula is C13H16ClF3N4. The predicted octanol–water partition coefficient (Wildman–Crippen LogP) is 3.42. The molecule has 0 atom stereocenters. The highest BCUT2D eigenvalue weighted by molar-refractivity contribution is 6.33. The second-order valence-corrected chi connectivity index (χ2v) is 5.39. The van der Waals surface area contributed by atoms with Crippen LogP contribution in [-0.4, -0.2) is 21.1 Å². The number of hydrogen-bond donors (Lipinski definition) is 1. The first-order valence-corrected chi connectivity index (χ1v) is 6.99. The molecule has 8 heteroatoms. The summed E-state index contributed by atoms with van der Waals surface area (Å²) in [4.78, 5) is 0. The van der Waals surface area contributed by atoms with Gasteiger partial charge in [-0.25, -0.2) is 0 Å². The van der Waals surface area contributed by atoms with Gasteiger partial charge >= 0.3 is 6.18 Å². The molecule has 2 rings (SSSR count). The molecule has 0 aliphatic rings. The van der Waals surface area contributed by atoms with Crippen LogP contribution in [0.25, 0.3) is 5.65 Å². The normalized spacial score (nSPS) is 13.1. The number of halogens is 4. The molecule has 0 aliphatic heterocycles. The first-order valence-electron chi connectivity index (χ1n) is 6.61. The van der Waals surface area contributed by atoms with Crippen molar-refractivity contribution in [2.24, 2.45) is 5.73 Å². The molecule has 2 N–H and O–H groups in total. The van der Waals surface area contributed by atoms with Gasteiger partial charge < -0.3 is 5.73 Å². The molecule has 0 aliphatic carbocycles. The van der Waals surface area contributed by atoms with Crippen LogP contribution in [0.3, 0.4) is 0 Å². The Balaban J connectivity index is 2.75. The van der Waals surface area contributed by atoms with Crippen molar-refractivity contribution in [1.82, 2.24) is 14.6 Å². The maximum Gasteiger partial charge on any atom is 0.417 e. The first-order chi connectivity index (χ1) is 9.79. The molecule has 0 saturated heterocycles. The molecule has 2 aromatic rings. The molecule has 0 saturated carbocycles. The third kappa shape index (κ3) is 2.60. The van der Waals surface area contributed by atoms with Crippen molar-refractivity contribution in [3.05, 3.63) is 28.7 Å². The molecule has 0 radical (unpaired) electrons. The Kier molecular flexibility index (Phi) is 4.17. The fourth-order valence-corrected chi connectivity index (χ4v) is 2.66. The number of nitrogens with zero attached hydrogens (tertiary/aromatic N) is 3. The van der Waals surface area contributed by atoms with Crippen molar-refractivity contribution in [2.45, 2.75) is 38.3 Å². The number of alkyl halides is 3. The van der Waals surface area contributed by atoms with E-state index in [4.69, 9.17) is 17.3 Å². The van der Waals surface area contributed by atoms with Gasteiger partial charge in [-0.3, -0.25) is 4.40 Å². The molecule has 21 heavy (non-hydrogen) atoms. The number of hydrogen-bond acceptors (Lipinski definition) is 3. The molecule has 2 aromatic heterocycles. The summed E-state index contributed by atoms with van der Waals surface area (Å²) in [5.74, 6) is 0.415. The zero-order valence-electron chi connectivity index (χ0n) is 11.7. The SMILES string of the molecule is CCC(CC)(CN)c1nnc2c(Cl)cc(C(F)(F)F)cn12. The van der Waals surface area contributed by atoms with Crippen molar-refractivity contribution in [2.75, 3.05) is 6.54 Å². The Bertz CT molecular complexity index is 638. The summed E-state index contributed by atoms with van der Waals surface area (Å²) in [5.41, 5.74) is 4.69. The van der Waals surface area contributed by atoms with E-state index >= 15 is 0 Å². The molecule has 0 fully saturated rings. The van der Waals surface area contributed by atoms with Crippen molar-refractivity contribution in [1.29, 1.82) is 0 Å². The molecule has 0 spiro atoms. The maximum atomic E-state index is 12.9. The summed E-state index contributed by atoms with van der Waals surface area (Å²) < 4.78 is 40.1. The summed E-state index contributed by atoms with van der Waals surface area (Å²) in [7, 11) is 0. The largest absolute Gasteiger partial charge is 0.417 e. The second-order valence-electron chi connectivity index (χ2n) is 4.98. The monoisotopic (exact) mass is 320 g/mol. The van der Waals surface area contributed by atoms with Crippen LogP contribution in [0, 0.1) is 0 Å². The van der Waals surface area contributed by atoms with Crippen LogP contribution in [0.2, 0.25) is 5.02 Å².